The van der Waals surface area contributed by atoms with Crippen LogP contribution in [0.25, 0.3) is 0 Å². The summed E-state index contributed by atoms with van der Waals surface area (Å²) in [6.45, 7) is 2.83. The van der Waals surface area contributed by atoms with Gasteiger partial charge in [0.05, 0.1) is 18.1 Å². The number of nitrogens with zero attached hydrogens (tertiary/aromatic N) is 1. The van der Waals surface area contributed by atoms with Crippen LogP contribution in [0.5, 0.6) is 5.75 Å². The topological polar surface area (TPSA) is 46.6 Å². The zero-order valence-electron chi connectivity index (χ0n) is 19.2. The molecule has 2 fully saturated rings. The Morgan fingerprint density at radius 1 is 1.06 bits per heavy atom. The average molecular weight is 488 g/mol. The van der Waals surface area contributed by atoms with E-state index in [2.05, 4.69) is 35.2 Å². The van der Waals surface area contributed by atoms with E-state index in [9.17, 15) is 8.42 Å². The molecule has 0 radical (unpaired) electrons. The number of hydrogen-bond acceptors (Lipinski definition) is 4. The van der Waals surface area contributed by atoms with Gasteiger partial charge in [0.1, 0.15) is 5.75 Å². The van der Waals surface area contributed by atoms with Crippen LogP contribution in [0.3, 0.4) is 0 Å². The second kappa shape index (κ2) is 9.97. The van der Waals surface area contributed by atoms with E-state index in [0.717, 1.165) is 36.5 Å². The Morgan fingerprint density at radius 2 is 1.91 bits per heavy atom. The third-order valence-corrected chi connectivity index (χ3v) is 9.58. The molecule has 2 aromatic carbocycles. The van der Waals surface area contributed by atoms with Crippen LogP contribution in [-0.4, -0.2) is 50.6 Å². The molecule has 6 heteroatoms. The fourth-order valence-electron chi connectivity index (χ4n) is 5.42. The van der Waals surface area contributed by atoms with E-state index in [4.69, 9.17) is 16.3 Å². The fourth-order valence-corrected chi connectivity index (χ4v) is 7.41. The van der Waals surface area contributed by atoms with Gasteiger partial charge in [0.15, 0.2) is 9.84 Å². The van der Waals surface area contributed by atoms with Crippen molar-refractivity contribution in [2.24, 2.45) is 5.92 Å². The lowest BCUT2D eigenvalue weighted by Crippen LogP contribution is -2.49. The van der Waals surface area contributed by atoms with Gasteiger partial charge in [-0.15, -0.1) is 0 Å². The minimum atomic E-state index is -2.94. The Morgan fingerprint density at radius 3 is 2.64 bits per heavy atom. The van der Waals surface area contributed by atoms with Crippen LogP contribution in [-0.2, 0) is 22.7 Å². The van der Waals surface area contributed by atoms with Gasteiger partial charge in [-0.3, -0.25) is 4.90 Å². The van der Waals surface area contributed by atoms with Gasteiger partial charge in [0, 0.05) is 17.0 Å². The van der Waals surface area contributed by atoms with Crippen molar-refractivity contribution in [3.05, 3.63) is 64.2 Å². The third-order valence-electron chi connectivity index (χ3n) is 7.45. The lowest BCUT2D eigenvalue weighted by Gasteiger charge is -2.45. The minimum Gasteiger partial charge on any atom is -0.494 e. The van der Waals surface area contributed by atoms with E-state index in [0.29, 0.717) is 36.7 Å². The SMILES string of the molecule is O=S(=O)(CCCOc1ccc2c(c1)C(Cc1cccc(Cl)c1)C(N1CCC1)CC2)CC1CC1. The quantitative estimate of drug-likeness (QED) is 0.428. The molecule has 2 aromatic rings. The molecular formula is C27H34ClNO3S. The van der Waals surface area contributed by atoms with E-state index in [1.165, 1.54) is 42.6 Å². The molecule has 178 valence electrons. The summed E-state index contributed by atoms with van der Waals surface area (Å²) in [5.74, 6) is 2.26. The fraction of sp³-hybridized carbons (Fsp3) is 0.556. The lowest BCUT2D eigenvalue weighted by atomic mass is 9.75. The lowest BCUT2D eigenvalue weighted by molar-refractivity contribution is 0.0876. The van der Waals surface area contributed by atoms with Crippen molar-refractivity contribution >= 4 is 21.4 Å². The molecule has 0 bridgehead atoms. The monoisotopic (exact) mass is 487 g/mol. The van der Waals surface area contributed by atoms with Gasteiger partial charge in [0.25, 0.3) is 0 Å². The van der Waals surface area contributed by atoms with Crippen LogP contribution >= 0.6 is 11.6 Å². The number of fused-ring (bicyclic) bond motifs is 1. The molecule has 2 aliphatic carbocycles. The molecule has 0 N–H and O–H groups in total. The summed E-state index contributed by atoms with van der Waals surface area (Å²) < 4.78 is 30.4. The Kier molecular flexibility index (Phi) is 7.01. The molecule has 0 aromatic heterocycles. The van der Waals surface area contributed by atoms with Gasteiger partial charge in [-0.2, -0.15) is 0 Å². The maximum absolute atomic E-state index is 12.2. The predicted molar refractivity (Wildman–Crippen MR) is 134 cm³/mol. The predicted octanol–water partition coefficient (Wildman–Crippen LogP) is 5.28. The zero-order valence-corrected chi connectivity index (χ0v) is 20.8. The number of hydrogen-bond donors (Lipinski definition) is 0. The molecule has 2 unspecified atom stereocenters. The summed E-state index contributed by atoms with van der Waals surface area (Å²) in [6.07, 6.45) is 7.24. The van der Waals surface area contributed by atoms with Gasteiger partial charge < -0.3 is 4.74 Å². The van der Waals surface area contributed by atoms with Crippen molar-refractivity contribution in [1.82, 2.24) is 4.90 Å². The molecule has 5 rings (SSSR count). The van der Waals surface area contributed by atoms with Crippen LogP contribution in [0.2, 0.25) is 5.02 Å². The Labute approximate surface area is 203 Å². The molecule has 33 heavy (non-hydrogen) atoms. The number of likely N-dealkylation sites (tertiary alicyclic amines) is 1. The van der Waals surface area contributed by atoms with Gasteiger partial charge in [-0.1, -0.05) is 29.8 Å². The summed E-state index contributed by atoms with van der Waals surface area (Å²) in [4.78, 5) is 2.64. The third kappa shape index (κ3) is 5.93. The highest BCUT2D eigenvalue weighted by atomic mass is 35.5. The molecule has 0 amide bonds. The number of benzene rings is 2. The van der Waals surface area contributed by atoms with E-state index < -0.39 is 9.84 Å². The van der Waals surface area contributed by atoms with Crippen molar-refractivity contribution in [3.63, 3.8) is 0 Å². The maximum Gasteiger partial charge on any atom is 0.150 e. The van der Waals surface area contributed by atoms with E-state index >= 15 is 0 Å². The highest BCUT2D eigenvalue weighted by Gasteiger charge is 2.36. The second-order valence-corrected chi connectivity index (χ2v) is 12.7. The van der Waals surface area contributed by atoms with Crippen molar-refractivity contribution in [2.45, 2.75) is 56.9 Å². The van der Waals surface area contributed by atoms with Crippen LogP contribution in [0.15, 0.2) is 42.5 Å². The minimum absolute atomic E-state index is 0.225. The number of halogens is 1. The first kappa shape index (κ1) is 23.2. The summed E-state index contributed by atoms with van der Waals surface area (Å²) >= 11 is 6.29. The molecule has 1 heterocycles. The maximum atomic E-state index is 12.2. The molecule has 0 spiro atoms. The number of sulfone groups is 1. The van der Waals surface area contributed by atoms with E-state index in [1.54, 1.807) is 0 Å². The Hall–Kier alpha value is -1.56. The molecule has 4 nitrogen and oxygen atoms in total. The van der Waals surface area contributed by atoms with Crippen LogP contribution in [0, 0.1) is 5.92 Å². The first-order valence-corrected chi connectivity index (χ1v) is 14.6. The average Bonchev–Trinajstić information content (AvgIpc) is 3.55. The molecule has 3 aliphatic rings. The summed E-state index contributed by atoms with van der Waals surface area (Å²) in [6, 6.07) is 15.3. The highest BCUT2D eigenvalue weighted by molar-refractivity contribution is 7.91. The molecule has 2 atom stereocenters. The Balaban J connectivity index is 1.28. The smallest absolute Gasteiger partial charge is 0.150 e. The molecule has 1 saturated carbocycles. The summed E-state index contributed by atoms with van der Waals surface area (Å²) in [5, 5.41) is 0.790. The standard InChI is InChI=1S/C27H34ClNO3S/c28-23-5-1-4-21(16-23)17-26-25-18-24(32-14-3-15-33(30,31)19-20-6-7-20)10-8-22(25)9-11-27(26)29-12-2-13-29/h1,4-5,8,10,16,18,20,26-27H,2-3,6-7,9,11-15,17,19H2. The molecule has 1 aliphatic heterocycles. The number of ether oxygens (including phenoxy) is 1. The van der Waals surface area contributed by atoms with Crippen molar-refractivity contribution in [2.75, 3.05) is 31.2 Å². The zero-order chi connectivity index (χ0) is 22.8. The van der Waals surface area contributed by atoms with E-state index in [-0.39, 0.29) is 5.75 Å². The van der Waals surface area contributed by atoms with Crippen molar-refractivity contribution < 1.29 is 13.2 Å². The van der Waals surface area contributed by atoms with Crippen LogP contribution in [0.1, 0.15) is 54.7 Å². The normalized spacial score (nSPS) is 23.1. The van der Waals surface area contributed by atoms with Crippen LogP contribution < -0.4 is 4.74 Å². The number of aryl methyl sites for hydroxylation is 1. The summed E-state index contributed by atoms with van der Waals surface area (Å²) in [5.41, 5.74) is 4.08. The van der Waals surface area contributed by atoms with E-state index in [1.807, 2.05) is 12.1 Å². The molecule has 1 saturated heterocycles. The summed E-state index contributed by atoms with van der Waals surface area (Å²) in [7, 11) is -2.94. The largest absolute Gasteiger partial charge is 0.494 e. The Bertz CT molecular complexity index is 1080. The van der Waals surface area contributed by atoms with Gasteiger partial charge in [-0.05, 0) is 105 Å². The van der Waals surface area contributed by atoms with Crippen LogP contribution in [0.4, 0.5) is 0 Å². The second-order valence-electron chi connectivity index (χ2n) is 10.1. The van der Waals surface area contributed by atoms with Gasteiger partial charge >= 0.3 is 0 Å². The first-order chi connectivity index (χ1) is 16.0. The first-order valence-electron chi connectivity index (χ1n) is 12.4. The van der Waals surface area contributed by atoms with Gasteiger partial charge in [0.2, 0.25) is 0 Å². The number of rotatable bonds is 10. The highest BCUT2D eigenvalue weighted by Crippen LogP contribution is 2.40. The molecular weight excluding hydrogens is 454 g/mol. The van der Waals surface area contributed by atoms with Gasteiger partial charge in [-0.25, -0.2) is 8.42 Å². The van der Waals surface area contributed by atoms with Crippen molar-refractivity contribution in [1.29, 1.82) is 0 Å². The van der Waals surface area contributed by atoms with Crippen molar-refractivity contribution in [3.8, 4) is 5.75 Å².